The maximum absolute atomic E-state index is 13.4. The second-order valence-electron chi connectivity index (χ2n) is 4.81. The standard InChI is InChI=1S/C15H15FN6O2/c1-2-23-12-6-10(16)3-4-11(12)20-14-9(7-18-15(17)21-14)5-13-22-19-8-24-13/h3-4,6-8H,2,5H2,1H3,(H3,17,18,20,21). The minimum absolute atomic E-state index is 0.104. The third kappa shape index (κ3) is 3.57. The van der Waals surface area contributed by atoms with Gasteiger partial charge in [-0.3, -0.25) is 0 Å². The quantitative estimate of drug-likeness (QED) is 0.708. The van der Waals surface area contributed by atoms with Gasteiger partial charge < -0.3 is 20.2 Å². The second-order valence-corrected chi connectivity index (χ2v) is 4.81. The average molecular weight is 330 g/mol. The zero-order valence-corrected chi connectivity index (χ0v) is 12.9. The number of nitrogens with one attached hydrogen (secondary N) is 1. The minimum atomic E-state index is -0.391. The summed E-state index contributed by atoms with van der Waals surface area (Å²) >= 11 is 0. The summed E-state index contributed by atoms with van der Waals surface area (Å²) in [5.41, 5.74) is 6.92. The first-order valence-electron chi connectivity index (χ1n) is 7.21. The van der Waals surface area contributed by atoms with Crippen LogP contribution in [-0.4, -0.2) is 26.8 Å². The highest BCUT2D eigenvalue weighted by Gasteiger charge is 2.13. The first-order valence-corrected chi connectivity index (χ1v) is 7.21. The molecule has 3 aromatic rings. The molecular formula is C15H15FN6O2. The molecule has 0 aliphatic carbocycles. The summed E-state index contributed by atoms with van der Waals surface area (Å²) < 4.78 is 24.0. The van der Waals surface area contributed by atoms with Crippen molar-refractivity contribution in [3.8, 4) is 5.75 Å². The highest BCUT2D eigenvalue weighted by molar-refractivity contribution is 5.66. The summed E-state index contributed by atoms with van der Waals surface area (Å²) in [7, 11) is 0. The van der Waals surface area contributed by atoms with Crippen molar-refractivity contribution in [3.63, 3.8) is 0 Å². The number of rotatable bonds is 6. The van der Waals surface area contributed by atoms with Crippen LogP contribution in [0.2, 0.25) is 0 Å². The van der Waals surface area contributed by atoms with Crippen LogP contribution in [0.4, 0.5) is 21.8 Å². The average Bonchev–Trinajstić information content (AvgIpc) is 3.06. The zero-order valence-electron chi connectivity index (χ0n) is 12.9. The fraction of sp³-hybridized carbons (Fsp3) is 0.200. The molecule has 2 heterocycles. The number of benzene rings is 1. The van der Waals surface area contributed by atoms with Crippen LogP contribution >= 0.6 is 0 Å². The van der Waals surface area contributed by atoms with Crippen LogP contribution in [-0.2, 0) is 6.42 Å². The Balaban J connectivity index is 1.93. The Labute approximate surface area is 136 Å². The normalized spacial score (nSPS) is 10.6. The lowest BCUT2D eigenvalue weighted by Crippen LogP contribution is -2.06. The van der Waals surface area contributed by atoms with Gasteiger partial charge in [-0.25, -0.2) is 9.37 Å². The zero-order chi connectivity index (χ0) is 16.9. The van der Waals surface area contributed by atoms with Gasteiger partial charge in [0, 0.05) is 17.8 Å². The molecule has 9 heteroatoms. The van der Waals surface area contributed by atoms with Gasteiger partial charge in [-0.2, -0.15) is 4.98 Å². The van der Waals surface area contributed by atoms with Crippen molar-refractivity contribution in [2.45, 2.75) is 13.3 Å². The third-order valence-electron chi connectivity index (χ3n) is 3.13. The van der Waals surface area contributed by atoms with E-state index in [0.717, 1.165) is 0 Å². The molecule has 3 N–H and O–H groups in total. The van der Waals surface area contributed by atoms with Gasteiger partial charge in [0.2, 0.25) is 18.2 Å². The van der Waals surface area contributed by atoms with E-state index < -0.39 is 5.82 Å². The molecule has 0 amide bonds. The van der Waals surface area contributed by atoms with Gasteiger partial charge >= 0.3 is 0 Å². The number of halogens is 1. The minimum Gasteiger partial charge on any atom is -0.492 e. The molecule has 2 aromatic heterocycles. The summed E-state index contributed by atoms with van der Waals surface area (Å²) in [6, 6.07) is 4.19. The van der Waals surface area contributed by atoms with Gasteiger partial charge in [-0.1, -0.05) is 0 Å². The molecule has 124 valence electrons. The van der Waals surface area contributed by atoms with Crippen molar-refractivity contribution in [2.24, 2.45) is 0 Å². The van der Waals surface area contributed by atoms with E-state index in [2.05, 4.69) is 25.5 Å². The largest absolute Gasteiger partial charge is 0.492 e. The Kier molecular flexibility index (Phi) is 4.50. The molecule has 0 unspecified atom stereocenters. The Bertz CT molecular complexity index is 825. The van der Waals surface area contributed by atoms with Crippen molar-refractivity contribution in [3.05, 3.63) is 48.1 Å². The summed E-state index contributed by atoms with van der Waals surface area (Å²) in [6.45, 7) is 2.22. The number of ether oxygens (including phenoxy) is 1. The highest BCUT2D eigenvalue weighted by atomic mass is 19.1. The summed E-state index contributed by atoms with van der Waals surface area (Å²) in [4.78, 5) is 8.17. The van der Waals surface area contributed by atoms with Gasteiger partial charge in [0.25, 0.3) is 0 Å². The smallest absolute Gasteiger partial charge is 0.221 e. The van der Waals surface area contributed by atoms with Crippen molar-refractivity contribution in [2.75, 3.05) is 17.7 Å². The van der Waals surface area contributed by atoms with Crippen LogP contribution in [0, 0.1) is 5.82 Å². The predicted octanol–water partition coefficient (Wildman–Crippen LogP) is 2.31. The van der Waals surface area contributed by atoms with E-state index in [4.69, 9.17) is 14.9 Å². The first-order chi connectivity index (χ1) is 11.7. The maximum Gasteiger partial charge on any atom is 0.221 e. The fourth-order valence-corrected chi connectivity index (χ4v) is 2.10. The highest BCUT2D eigenvalue weighted by Crippen LogP contribution is 2.30. The topological polar surface area (TPSA) is 112 Å². The molecule has 0 saturated heterocycles. The molecule has 0 saturated carbocycles. The van der Waals surface area contributed by atoms with Crippen molar-refractivity contribution in [1.29, 1.82) is 0 Å². The number of hydrogen-bond donors (Lipinski definition) is 2. The van der Waals surface area contributed by atoms with Crippen LogP contribution < -0.4 is 15.8 Å². The Morgan fingerprint density at radius 1 is 1.38 bits per heavy atom. The second kappa shape index (κ2) is 6.90. The van der Waals surface area contributed by atoms with Crippen molar-refractivity contribution >= 4 is 17.5 Å². The van der Waals surface area contributed by atoms with E-state index in [1.54, 1.807) is 12.3 Å². The van der Waals surface area contributed by atoms with Crippen LogP contribution in [0.3, 0.4) is 0 Å². The van der Waals surface area contributed by atoms with Gasteiger partial charge in [-0.15, -0.1) is 10.2 Å². The van der Waals surface area contributed by atoms with Gasteiger partial charge in [-0.05, 0) is 19.1 Å². The Morgan fingerprint density at radius 2 is 2.25 bits per heavy atom. The fourth-order valence-electron chi connectivity index (χ4n) is 2.10. The molecule has 0 bridgehead atoms. The monoisotopic (exact) mass is 330 g/mol. The molecule has 0 spiro atoms. The van der Waals surface area contributed by atoms with Crippen LogP contribution in [0.1, 0.15) is 18.4 Å². The lowest BCUT2D eigenvalue weighted by Gasteiger charge is -2.14. The number of anilines is 3. The molecule has 8 nitrogen and oxygen atoms in total. The van der Waals surface area contributed by atoms with E-state index in [1.807, 2.05) is 6.92 Å². The molecule has 3 rings (SSSR count). The lowest BCUT2D eigenvalue weighted by molar-refractivity contribution is 0.340. The third-order valence-corrected chi connectivity index (χ3v) is 3.13. The molecule has 1 aromatic carbocycles. The SMILES string of the molecule is CCOc1cc(F)ccc1Nc1nc(N)ncc1Cc1nnco1. The molecule has 0 aliphatic rings. The van der Waals surface area contributed by atoms with Gasteiger partial charge in [0.1, 0.15) is 17.4 Å². The molecule has 24 heavy (non-hydrogen) atoms. The number of aromatic nitrogens is 4. The Hall–Kier alpha value is -3.23. The molecular weight excluding hydrogens is 315 g/mol. The first kappa shape index (κ1) is 15.7. The van der Waals surface area contributed by atoms with E-state index in [9.17, 15) is 4.39 Å². The van der Waals surface area contributed by atoms with Crippen LogP contribution in [0.5, 0.6) is 5.75 Å². The van der Waals surface area contributed by atoms with E-state index in [1.165, 1.54) is 18.5 Å². The predicted molar refractivity (Wildman–Crippen MR) is 84.4 cm³/mol. The molecule has 0 radical (unpaired) electrons. The van der Waals surface area contributed by atoms with Gasteiger partial charge in [0.05, 0.1) is 18.7 Å². The Morgan fingerprint density at radius 3 is 3.00 bits per heavy atom. The van der Waals surface area contributed by atoms with Crippen molar-refractivity contribution < 1.29 is 13.5 Å². The van der Waals surface area contributed by atoms with Crippen LogP contribution in [0.25, 0.3) is 0 Å². The number of hydrogen-bond acceptors (Lipinski definition) is 8. The summed E-state index contributed by atoms with van der Waals surface area (Å²) in [5, 5.41) is 10.6. The number of nitrogens with two attached hydrogens (primary N) is 1. The summed E-state index contributed by atoms with van der Waals surface area (Å²) in [6.07, 6.45) is 3.14. The maximum atomic E-state index is 13.4. The molecule has 0 aliphatic heterocycles. The molecule has 0 fully saturated rings. The van der Waals surface area contributed by atoms with Crippen LogP contribution in [0.15, 0.2) is 35.2 Å². The molecule has 0 atom stereocenters. The van der Waals surface area contributed by atoms with E-state index >= 15 is 0 Å². The van der Waals surface area contributed by atoms with E-state index in [-0.39, 0.29) is 5.95 Å². The number of nitrogen functional groups attached to an aromatic ring is 1. The van der Waals surface area contributed by atoms with Gasteiger partial charge in [0.15, 0.2) is 0 Å². The summed E-state index contributed by atoms with van der Waals surface area (Å²) in [5.74, 6) is 0.950. The van der Waals surface area contributed by atoms with Crippen molar-refractivity contribution in [1.82, 2.24) is 20.2 Å². The lowest BCUT2D eigenvalue weighted by atomic mass is 10.2. The van der Waals surface area contributed by atoms with E-state index in [0.29, 0.717) is 41.7 Å². The number of nitrogens with zero attached hydrogens (tertiary/aromatic N) is 4.